The Morgan fingerprint density at radius 2 is 1.45 bits per heavy atom. The van der Waals surface area contributed by atoms with Crippen LogP contribution in [0.4, 0.5) is 0 Å². The first-order valence-electron chi connectivity index (χ1n) is 12.7. The van der Waals surface area contributed by atoms with Gasteiger partial charge in [0.25, 0.3) is 0 Å². The second kappa shape index (κ2) is 16.3. The maximum atomic E-state index is 13.0. The number of benzene rings is 2. The highest BCUT2D eigenvalue weighted by Crippen LogP contribution is 2.34. The molecule has 1 aromatic heterocycles. The lowest BCUT2D eigenvalue weighted by molar-refractivity contribution is -0.130. The summed E-state index contributed by atoms with van der Waals surface area (Å²) in [4.78, 5) is 21.7. The minimum absolute atomic E-state index is 0. The van der Waals surface area contributed by atoms with E-state index < -0.39 is 0 Å². The number of carbonyl (C=O) groups is 1. The van der Waals surface area contributed by atoms with Gasteiger partial charge in [0, 0.05) is 37.4 Å². The molecule has 2 heterocycles. The minimum Gasteiger partial charge on any atom is -0.493 e. The predicted octanol–water partition coefficient (Wildman–Crippen LogP) is 3.78. The van der Waals surface area contributed by atoms with Gasteiger partial charge in [-0.15, -0.1) is 24.8 Å². The number of methoxy groups -OCH3 is 4. The van der Waals surface area contributed by atoms with Crippen LogP contribution < -0.4 is 18.9 Å². The van der Waals surface area contributed by atoms with E-state index in [4.69, 9.17) is 18.9 Å². The Bertz CT molecular complexity index is 1260. The lowest BCUT2D eigenvalue weighted by Gasteiger charge is -2.23. The standard InChI is InChI=1S/C29H37N3O5.2ClH.H2O/c1-31(11-7-21-18-30-19-23-15-27(36-4)28(37-5)17-24(21)23)9-6-10-32-12-8-20-13-25(34-2)26(35-3)14-22(20)16-29(32)33;;;/h13-15,17-19H,6-12,16H2,1-5H3;2*1H;1H2. The van der Waals surface area contributed by atoms with Gasteiger partial charge in [-0.1, -0.05) is 0 Å². The summed E-state index contributed by atoms with van der Waals surface area (Å²) >= 11 is 0. The highest BCUT2D eigenvalue weighted by molar-refractivity contribution is 5.88. The fourth-order valence-corrected chi connectivity index (χ4v) is 4.96. The highest BCUT2D eigenvalue weighted by Gasteiger charge is 2.22. The van der Waals surface area contributed by atoms with Gasteiger partial charge >= 0.3 is 0 Å². The number of hydrogen-bond donors (Lipinski definition) is 0. The molecule has 0 bridgehead atoms. The van der Waals surface area contributed by atoms with Gasteiger partial charge in [0.1, 0.15) is 0 Å². The predicted molar refractivity (Wildman–Crippen MR) is 162 cm³/mol. The van der Waals surface area contributed by atoms with E-state index in [0.717, 1.165) is 73.1 Å². The Morgan fingerprint density at radius 3 is 2.10 bits per heavy atom. The summed E-state index contributed by atoms with van der Waals surface area (Å²) < 4.78 is 21.8. The van der Waals surface area contributed by atoms with Crippen LogP contribution in [0.2, 0.25) is 0 Å². The first-order valence-corrected chi connectivity index (χ1v) is 12.7. The zero-order chi connectivity index (χ0) is 26.4. The summed E-state index contributed by atoms with van der Waals surface area (Å²) in [5.74, 6) is 2.97. The molecule has 0 saturated heterocycles. The van der Waals surface area contributed by atoms with Crippen LogP contribution in [0, 0.1) is 0 Å². The largest absolute Gasteiger partial charge is 0.493 e. The average molecular weight is 599 g/mol. The fourth-order valence-electron chi connectivity index (χ4n) is 4.96. The molecule has 1 aliphatic heterocycles. The third-order valence-corrected chi connectivity index (χ3v) is 7.13. The Balaban J connectivity index is 0.00000267. The van der Waals surface area contributed by atoms with Gasteiger partial charge in [-0.3, -0.25) is 9.78 Å². The van der Waals surface area contributed by atoms with E-state index in [1.54, 1.807) is 28.4 Å². The third-order valence-electron chi connectivity index (χ3n) is 7.13. The number of ether oxygens (including phenoxy) is 4. The number of hydrogen-bond acceptors (Lipinski definition) is 7. The molecule has 11 heteroatoms. The van der Waals surface area contributed by atoms with Gasteiger partial charge in [-0.2, -0.15) is 0 Å². The fraction of sp³-hybridized carbons (Fsp3) is 0.448. The van der Waals surface area contributed by atoms with Gasteiger partial charge in [-0.25, -0.2) is 0 Å². The molecule has 4 rings (SSSR count). The molecule has 0 unspecified atom stereocenters. The van der Waals surface area contributed by atoms with E-state index in [0.29, 0.717) is 23.7 Å². The quantitative estimate of drug-likeness (QED) is 0.331. The van der Waals surface area contributed by atoms with Gasteiger partial charge < -0.3 is 34.2 Å². The summed E-state index contributed by atoms with van der Waals surface area (Å²) in [5, 5.41) is 2.16. The van der Waals surface area contributed by atoms with Crippen molar-refractivity contribution in [1.82, 2.24) is 14.8 Å². The summed E-state index contributed by atoms with van der Waals surface area (Å²) in [5.41, 5.74) is 3.36. The van der Waals surface area contributed by atoms with Crippen molar-refractivity contribution in [3.8, 4) is 23.0 Å². The summed E-state index contributed by atoms with van der Waals surface area (Å²) in [6.45, 7) is 3.28. The molecule has 1 amide bonds. The molecule has 0 saturated carbocycles. The van der Waals surface area contributed by atoms with Crippen molar-refractivity contribution < 1.29 is 29.2 Å². The van der Waals surface area contributed by atoms with E-state index >= 15 is 0 Å². The SMILES string of the molecule is COc1cc2c(cc1OC)CC(=O)N(CCCN(C)CCc1cncc3cc(OC)c(OC)cc13)CC2.Cl.Cl.O. The molecule has 3 aromatic rings. The molecule has 0 fully saturated rings. The number of pyridine rings is 1. The smallest absolute Gasteiger partial charge is 0.227 e. The van der Waals surface area contributed by atoms with Gasteiger partial charge in [0.2, 0.25) is 5.91 Å². The third kappa shape index (κ3) is 8.04. The molecule has 40 heavy (non-hydrogen) atoms. The number of fused-ring (bicyclic) bond motifs is 2. The van der Waals surface area contributed by atoms with E-state index in [1.165, 1.54) is 5.56 Å². The van der Waals surface area contributed by atoms with Crippen LogP contribution in [-0.2, 0) is 24.1 Å². The summed E-state index contributed by atoms with van der Waals surface area (Å²) in [7, 11) is 8.68. The molecular formula is C29H41Cl2N3O6. The zero-order valence-corrected chi connectivity index (χ0v) is 25.5. The van der Waals surface area contributed by atoms with Crippen molar-refractivity contribution in [1.29, 1.82) is 0 Å². The summed E-state index contributed by atoms with van der Waals surface area (Å²) in [6, 6.07) is 7.94. The van der Waals surface area contributed by atoms with Gasteiger partial charge in [0.05, 0.1) is 34.9 Å². The molecule has 9 nitrogen and oxygen atoms in total. The molecule has 0 spiro atoms. The van der Waals surface area contributed by atoms with Crippen molar-refractivity contribution in [2.24, 2.45) is 0 Å². The van der Waals surface area contributed by atoms with Crippen LogP contribution in [0.3, 0.4) is 0 Å². The lowest BCUT2D eigenvalue weighted by Crippen LogP contribution is -2.35. The summed E-state index contributed by atoms with van der Waals surface area (Å²) in [6.07, 6.45) is 6.79. The van der Waals surface area contributed by atoms with E-state index in [2.05, 4.69) is 16.9 Å². The van der Waals surface area contributed by atoms with Crippen molar-refractivity contribution in [2.75, 3.05) is 61.7 Å². The monoisotopic (exact) mass is 597 g/mol. The number of carbonyl (C=O) groups excluding carboxylic acids is 1. The van der Waals surface area contributed by atoms with Crippen molar-refractivity contribution in [3.63, 3.8) is 0 Å². The van der Waals surface area contributed by atoms with Crippen LogP contribution in [0.15, 0.2) is 36.7 Å². The van der Waals surface area contributed by atoms with E-state index in [9.17, 15) is 4.79 Å². The Kier molecular flexibility index (Phi) is 14.3. The average Bonchev–Trinajstić information content (AvgIpc) is 3.07. The van der Waals surface area contributed by atoms with Crippen LogP contribution in [0.5, 0.6) is 23.0 Å². The lowest BCUT2D eigenvalue weighted by atomic mass is 10.0. The first kappa shape index (κ1) is 35.0. The van der Waals surface area contributed by atoms with Crippen molar-refractivity contribution in [3.05, 3.63) is 53.3 Å². The number of rotatable bonds is 11. The number of likely N-dealkylation sites (N-methyl/N-ethyl adjacent to an activating group) is 1. The Morgan fingerprint density at radius 1 is 0.850 bits per heavy atom. The molecular weight excluding hydrogens is 557 g/mol. The molecule has 222 valence electrons. The molecule has 2 N–H and O–H groups in total. The normalized spacial score (nSPS) is 12.4. The maximum Gasteiger partial charge on any atom is 0.227 e. The molecule has 2 aromatic carbocycles. The molecule has 0 radical (unpaired) electrons. The van der Waals surface area contributed by atoms with E-state index in [-0.39, 0.29) is 36.2 Å². The van der Waals surface area contributed by atoms with Crippen molar-refractivity contribution in [2.45, 2.75) is 25.7 Å². The van der Waals surface area contributed by atoms with Crippen LogP contribution in [-0.4, -0.2) is 87.8 Å². The van der Waals surface area contributed by atoms with Gasteiger partial charge in [0.15, 0.2) is 23.0 Å². The second-order valence-electron chi connectivity index (χ2n) is 9.42. The topological polar surface area (TPSA) is 105 Å². The second-order valence-corrected chi connectivity index (χ2v) is 9.42. The van der Waals surface area contributed by atoms with Crippen molar-refractivity contribution >= 4 is 41.5 Å². The van der Waals surface area contributed by atoms with Crippen LogP contribution in [0.25, 0.3) is 10.8 Å². The number of aromatic nitrogens is 1. The maximum absolute atomic E-state index is 13.0. The van der Waals surface area contributed by atoms with Gasteiger partial charge in [-0.05, 0) is 79.2 Å². The molecule has 1 aliphatic rings. The zero-order valence-electron chi connectivity index (χ0n) is 23.8. The Labute approximate surface area is 248 Å². The highest BCUT2D eigenvalue weighted by atomic mass is 35.5. The molecule has 0 atom stereocenters. The Hall–Kier alpha value is -2.98. The molecule has 0 aliphatic carbocycles. The van der Waals surface area contributed by atoms with Crippen LogP contribution in [0.1, 0.15) is 23.1 Å². The van der Waals surface area contributed by atoms with E-state index in [1.807, 2.05) is 41.6 Å². The first-order chi connectivity index (χ1) is 18.0. The number of nitrogens with zero attached hydrogens (tertiary/aromatic N) is 3. The van der Waals surface area contributed by atoms with Crippen LogP contribution >= 0.6 is 24.8 Å². The minimum atomic E-state index is 0. The number of halogens is 2. The number of amides is 1.